The predicted octanol–water partition coefficient (Wildman–Crippen LogP) is 6.15. The quantitative estimate of drug-likeness (QED) is 0.336. The fraction of sp³-hybridized carbons (Fsp3) is 0.231. The lowest BCUT2D eigenvalue weighted by Gasteiger charge is -2.23. The van der Waals surface area contributed by atoms with E-state index in [4.69, 9.17) is 0 Å². The topological polar surface area (TPSA) is 0 Å². The molecule has 0 saturated carbocycles. The van der Waals surface area contributed by atoms with Gasteiger partial charge in [-0.2, -0.15) is 0 Å². The van der Waals surface area contributed by atoms with Crippen LogP contribution in [0.25, 0.3) is 43.8 Å². The number of hydrogen-bond donors (Lipinski definition) is 0. The van der Waals surface area contributed by atoms with Gasteiger partial charge in [0.2, 0.25) is 0 Å². The second-order valence-corrected chi connectivity index (χ2v) is 8.59. The molecule has 1 aliphatic carbocycles. The Morgan fingerprint density at radius 3 is 1.67 bits per heavy atom. The van der Waals surface area contributed by atoms with Crippen molar-refractivity contribution in [1.29, 1.82) is 0 Å². The monoisotopic (exact) mass is 348 g/mol. The van der Waals surface area contributed by atoms with E-state index in [9.17, 15) is 0 Å². The summed E-state index contributed by atoms with van der Waals surface area (Å²) in [4.78, 5) is 0. The molecule has 5 rings (SSSR count). The Labute approximate surface area is 162 Å². The average molecular weight is 348 g/mol. The third-order valence-electron chi connectivity index (χ3n) is 6.25. The largest absolute Gasteiger partial charge is 0.140 e. The third kappa shape index (κ3) is 2.12. The van der Waals surface area contributed by atoms with Crippen LogP contribution in [0.4, 0.5) is 0 Å². The first-order chi connectivity index (χ1) is 13.0. The van der Waals surface area contributed by atoms with E-state index in [1.807, 2.05) is 0 Å². The van der Waals surface area contributed by atoms with Crippen molar-refractivity contribution in [2.75, 3.05) is 0 Å². The van der Waals surface area contributed by atoms with Crippen molar-refractivity contribution in [2.24, 2.45) is 0 Å². The summed E-state index contributed by atoms with van der Waals surface area (Å²) >= 11 is 0. The maximum absolute atomic E-state index is 2.36. The van der Waals surface area contributed by atoms with Gasteiger partial charge in [-0.05, 0) is 66.8 Å². The van der Waals surface area contributed by atoms with Crippen LogP contribution in [-0.4, -0.2) is 7.85 Å². The Bertz CT molecular complexity index is 1170. The first-order valence-corrected chi connectivity index (χ1v) is 10.1. The Balaban J connectivity index is 2.10. The van der Waals surface area contributed by atoms with E-state index in [1.165, 1.54) is 60.4 Å². The molecule has 4 aromatic rings. The predicted molar refractivity (Wildman–Crippen MR) is 122 cm³/mol. The Hall–Kier alpha value is -2.54. The van der Waals surface area contributed by atoms with Gasteiger partial charge in [0.25, 0.3) is 0 Å². The minimum atomic E-state index is 0.482. The van der Waals surface area contributed by atoms with Gasteiger partial charge in [0, 0.05) is 0 Å². The van der Waals surface area contributed by atoms with Gasteiger partial charge in [0.1, 0.15) is 7.85 Å². The van der Waals surface area contributed by atoms with Crippen molar-refractivity contribution in [2.45, 2.75) is 39.5 Å². The van der Waals surface area contributed by atoms with Crippen LogP contribution >= 0.6 is 0 Å². The van der Waals surface area contributed by atoms with Crippen molar-refractivity contribution in [1.82, 2.24) is 0 Å². The van der Waals surface area contributed by atoms with Gasteiger partial charge in [-0.15, -0.1) is 0 Å². The summed E-state index contributed by atoms with van der Waals surface area (Å²) < 4.78 is 0. The van der Waals surface area contributed by atoms with Crippen molar-refractivity contribution in [3.05, 3.63) is 65.7 Å². The minimum absolute atomic E-state index is 0.482. The molecule has 27 heavy (non-hydrogen) atoms. The van der Waals surface area contributed by atoms with Crippen molar-refractivity contribution in [3.63, 3.8) is 0 Å². The van der Waals surface area contributed by atoms with Gasteiger partial charge in [-0.1, -0.05) is 87.8 Å². The van der Waals surface area contributed by atoms with E-state index >= 15 is 0 Å². The summed E-state index contributed by atoms with van der Waals surface area (Å²) in [6.45, 7) is 9.36. The molecule has 0 aliphatic heterocycles. The average Bonchev–Trinajstić information content (AvgIpc) is 2.97. The van der Waals surface area contributed by atoms with E-state index in [1.54, 1.807) is 0 Å². The van der Waals surface area contributed by atoms with Gasteiger partial charge < -0.3 is 0 Å². The molecule has 0 fully saturated rings. The zero-order valence-electron chi connectivity index (χ0n) is 16.9. The number of fused-ring (bicyclic) bond motifs is 4. The summed E-state index contributed by atoms with van der Waals surface area (Å²) in [6.07, 6.45) is 0. The van der Waals surface area contributed by atoms with Crippen molar-refractivity contribution >= 4 is 34.9 Å². The molecule has 1 aliphatic rings. The van der Waals surface area contributed by atoms with Crippen LogP contribution < -0.4 is 5.46 Å². The lowest BCUT2D eigenvalue weighted by Crippen LogP contribution is -2.03. The lowest BCUT2D eigenvalue weighted by atomic mass is 9.80. The van der Waals surface area contributed by atoms with Crippen LogP contribution in [0.1, 0.15) is 50.7 Å². The fourth-order valence-electron chi connectivity index (χ4n) is 5.22. The summed E-state index contributed by atoms with van der Waals surface area (Å²) in [5.74, 6) is 0.964. The first-order valence-electron chi connectivity index (χ1n) is 10.1. The molecule has 0 radical (unpaired) electrons. The van der Waals surface area contributed by atoms with E-state index < -0.39 is 0 Å². The van der Waals surface area contributed by atoms with Crippen LogP contribution in [0.2, 0.25) is 0 Å². The standard InChI is InChI=1S/C26H25B/c1-14(2)22-16-8-5-6-9-17(16)23(15(3)4)26-20-12-13-21(27)18-10-7-11-19(24(18)20)25(22)26/h5-15H,27H2,1-4H3. The highest BCUT2D eigenvalue weighted by Gasteiger charge is 2.30. The van der Waals surface area contributed by atoms with Crippen LogP contribution in [0.3, 0.4) is 0 Å². The van der Waals surface area contributed by atoms with E-state index in [0.717, 1.165) is 0 Å². The van der Waals surface area contributed by atoms with Gasteiger partial charge >= 0.3 is 0 Å². The number of hydrogen-bond acceptors (Lipinski definition) is 0. The number of rotatable bonds is 2. The Morgan fingerprint density at radius 1 is 0.593 bits per heavy atom. The van der Waals surface area contributed by atoms with Gasteiger partial charge in [-0.25, -0.2) is 0 Å². The SMILES string of the molecule is Bc1ccc2c3c(cccc13)-c1c-2c(C(C)C)c2ccccc2c1C(C)C. The molecule has 0 atom stereocenters. The zero-order chi connectivity index (χ0) is 18.9. The maximum Gasteiger partial charge on any atom is 0.140 e. The summed E-state index contributed by atoms with van der Waals surface area (Å²) in [5.41, 5.74) is 10.2. The second kappa shape index (κ2) is 5.73. The first kappa shape index (κ1) is 16.6. The molecular formula is C26H25B. The smallest absolute Gasteiger partial charge is 0.0812 e. The highest BCUT2D eigenvalue weighted by molar-refractivity contribution is 6.41. The van der Waals surface area contributed by atoms with Crippen molar-refractivity contribution < 1.29 is 0 Å². The minimum Gasteiger partial charge on any atom is -0.0812 e. The second-order valence-electron chi connectivity index (χ2n) is 8.59. The van der Waals surface area contributed by atoms with Gasteiger partial charge in [0.05, 0.1) is 0 Å². The summed E-state index contributed by atoms with van der Waals surface area (Å²) in [7, 11) is 2.23. The Kier molecular flexibility index (Phi) is 3.53. The molecule has 0 saturated heterocycles. The molecule has 0 spiro atoms. The number of benzene rings is 4. The van der Waals surface area contributed by atoms with Crippen LogP contribution in [-0.2, 0) is 0 Å². The molecular weight excluding hydrogens is 323 g/mol. The van der Waals surface area contributed by atoms with E-state index in [2.05, 4.69) is 90.1 Å². The van der Waals surface area contributed by atoms with Gasteiger partial charge in [-0.3, -0.25) is 0 Å². The van der Waals surface area contributed by atoms with Crippen LogP contribution in [0, 0.1) is 0 Å². The molecule has 0 bridgehead atoms. The molecule has 0 unspecified atom stereocenters. The van der Waals surface area contributed by atoms with Crippen LogP contribution in [0.15, 0.2) is 54.6 Å². The molecule has 0 aromatic heterocycles. The summed E-state index contributed by atoms with van der Waals surface area (Å²) in [5, 5.41) is 5.70. The zero-order valence-corrected chi connectivity index (χ0v) is 16.9. The van der Waals surface area contributed by atoms with Crippen molar-refractivity contribution in [3.8, 4) is 22.3 Å². The third-order valence-corrected chi connectivity index (χ3v) is 6.25. The van der Waals surface area contributed by atoms with E-state index in [0.29, 0.717) is 11.8 Å². The highest BCUT2D eigenvalue weighted by Crippen LogP contribution is 2.55. The van der Waals surface area contributed by atoms with Crippen LogP contribution in [0.5, 0.6) is 0 Å². The van der Waals surface area contributed by atoms with Gasteiger partial charge in [0.15, 0.2) is 0 Å². The molecule has 0 N–H and O–H groups in total. The molecule has 4 aromatic carbocycles. The lowest BCUT2D eigenvalue weighted by molar-refractivity contribution is 0.864. The molecule has 1 heteroatoms. The Morgan fingerprint density at radius 2 is 1.11 bits per heavy atom. The highest BCUT2D eigenvalue weighted by atomic mass is 14.3. The molecule has 0 nitrogen and oxygen atoms in total. The maximum atomic E-state index is 2.36. The molecule has 0 amide bonds. The normalized spacial score (nSPS) is 12.5. The molecule has 0 heterocycles. The fourth-order valence-corrected chi connectivity index (χ4v) is 5.22. The molecule has 132 valence electrons. The summed E-state index contributed by atoms with van der Waals surface area (Å²) in [6, 6.07) is 20.5. The van der Waals surface area contributed by atoms with E-state index in [-0.39, 0.29) is 0 Å².